The summed E-state index contributed by atoms with van der Waals surface area (Å²) in [5, 5.41) is 2.15. The molecule has 2 aliphatic heterocycles. The molecule has 1 N–H and O–H groups in total. The van der Waals surface area contributed by atoms with Crippen molar-refractivity contribution in [1.82, 2.24) is 14.5 Å². The van der Waals surface area contributed by atoms with Crippen molar-refractivity contribution in [2.24, 2.45) is 5.92 Å². The van der Waals surface area contributed by atoms with Crippen LogP contribution in [0, 0.1) is 11.7 Å². The van der Waals surface area contributed by atoms with E-state index in [0.717, 1.165) is 39.2 Å². The molecule has 3 amide bonds. The summed E-state index contributed by atoms with van der Waals surface area (Å²) in [4.78, 5) is 38.2. The molecular weight excluding hydrogens is 562 g/mol. The lowest BCUT2D eigenvalue weighted by Gasteiger charge is -2.30. The Labute approximate surface area is 226 Å². The van der Waals surface area contributed by atoms with Crippen molar-refractivity contribution in [2.45, 2.75) is 23.9 Å². The second-order valence-electron chi connectivity index (χ2n) is 8.88. The maximum Gasteiger partial charge on any atom is 0.416 e. The Bertz CT molecular complexity index is 1400. The SMILES string of the molecule is O=C(NCCN1C(=O)SC(=Cc2ccc(F)cc2)C1=O)C1CCN(S(=O)(=O)c2cccc(C(F)(F)F)c2)CC1. The third-order valence-corrected chi connectivity index (χ3v) is 9.10. The van der Waals surface area contributed by atoms with Gasteiger partial charge in [-0.15, -0.1) is 0 Å². The molecule has 0 atom stereocenters. The second-order valence-corrected chi connectivity index (χ2v) is 11.8. The Hall–Kier alpha value is -3.23. The normalized spacial score (nSPS) is 18.7. The van der Waals surface area contributed by atoms with Gasteiger partial charge in [0.2, 0.25) is 15.9 Å². The van der Waals surface area contributed by atoms with Crippen molar-refractivity contribution >= 4 is 44.9 Å². The number of imide groups is 1. The molecule has 0 radical (unpaired) electrons. The molecule has 14 heteroatoms. The Morgan fingerprint density at radius 3 is 2.38 bits per heavy atom. The zero-order valence-corrected chi connectivity index (χ0v) is 21.9. The number of hydrogen-bond acceptors (Lipinski definition) is 6. The molecule has 2 saturated heterocycles. The summed E-state index contributed by atoms with van der Waals surface area (Å²) in [6.07, 6.45) is -2.89. The van der Waals surface area contributed by atoms with E-state index in [1.54, 1.807) is 0 Å². The lowest BCUT2D eigenvalue weighted by atomic mass is 9.97. The number of carbonyl (C=O) groups excluding carboxylic acids is 3. The summed E-state index contributed by atoms with van der Waals surface area (Å²) in [5.74, 6) is -1.87. The van der Waals surface area contributed by atoms with Crippen molar-refractivity contribution in [3.05, 3.63) is 70.4 Å². The summed E-state index contributed by atoms with van der Waals surface area (Å²) in [7, 11) is -4.17. The van der Waals surface area contributed by atoms with Crippen LogP contribution in [0.5, 0.6) is 0 Å². The van der Waals surface area contributed by atoms with Crippen molar-refractivity contribution < 1.29 is 40.4 Å². The lowest BCUT2D eigenvalue weighted by molar-refractivity contribution is -0.137. The number of rotatable bonds is 7. The van der Waals surface area contributed by atoms with Gasteiger partial charge in [0, 0.05) is 32.1 Å². The summed E-state index contributed by atoms with van der Waals surface area (Å²) in [5.41, 5.74) is -0.513. The highest BCUT2D eigenvalue weighted by Gasteiger charge is 2.36. The highest BCUT2D eigenvalue weighted by Crippen LogP contribution is 2.33. The molecule has 2 aromatic rings. The number of alkyl halides is 3. The number of thioether (sulfide) groups is 1. The van der Waals surface area contributed by atoms with Crippen LogP contribution in [-0.4, -0.2) is 60.9 Å². The first-order valence-electron chi connectivity index (χ1n) is 11.8. The zero-order valence-electron chi connectivity index (χ0n) is 20.3. The van der Waals surface area contributed by atoms with Crippen LogP contribution in [0.3, 0.4) is 0 Å². The van der Waals surface area contributed by atoms with Crippen LogP contribution in [0.2, 0.25) is 0 Å². The molecule has 2 aromatic carbocycles. The molecule has 2 fully saturated rings. The summed E-state index contributed by atoms with van der Waals surface area (Å²) in [6.45, 7) is -0.175. The van der Waals surface area contributed by atoms with Crippen LogP contribution < -0.4 is 5.32 Å². The third kappa shape index (κ3) is 6.68. The number of hydrogen-bond donors (Lipinski definition) is 1. The van der Waals surface area contributed by atoms with Gasteiger partial charge in [-0.3, -0.25) is 19.3 Å². The maximum absolute atomic E-state index is 13.1. The highest BCUT2D eigenvalue weighted by molar-refractivity contribution is 8.18. The summed E-state index contributed by atoms with van der Waals surface area (Å²) in [6, 6.07) is 8.93. The molecule has 0 unspecified atom stereocenters. The standard InChI is InChI=1S/C25H23F4N3O5S2/c26-19-6-4-16(5-7-19)14-21-23(34)32(24(35)38-21)13-10-30-22(33)17-8-11-31(12-9-17)39(36,37)20-3-1-2-18(15-20)25(27,28)29/h1-7,14-15,17H,8-13H2,(H,30,33). The number of amides is 3. The van der Waals surface area contributed by atoms with Crippen molar-refractivity contribution in [2.75, 3.05) is 26.2 Å². The predicted molar refractivity (Wildman–Crippen MR) is 135 cm³/mol. The van der Waals surface area contributed by atoms with Crippen LogP contribution >= 0.6 is 11.8 Å². The molecule has 208 valence electrons. The lowest BCUT2D eigenvalue weighted by Crippen LogP contribution is -2.44. The van der Waals surface area contributed by atoms with E-state index in [0.29, 0.717) is 11.6 Å². The largest absolute Gasteiger partial charge is 0.416 e. The topological polar surface area (TPSA) is 104 Å². The smallest absolute Gasteiger partial charge is 0.354 e. The minimum Gasteiger partial charge on any atom is -0.354 e. The van der Waals surface area contributed by atoms with Gasteiger partial charge in [0.15, 0.2) is 0 Å². The monoisotopic (exact) mass is 585 g/mol. The van der Waals surface area contributed by atoms with Crippen LogP contribution in [0.15, 0.2) is 58.3 Å². The first-order chi connectivity index (χ1) is 18.4. The predicted octanol–water partition coefficient (Wildman–Crippen LogP) is 4.10. The molecule has 0 aliphatic carbocycles. The van der Waals surface area contributed by atoms with Gasteiger partial charge >= 0.3 is 6.18 Å². The van der Waals surface area contributed by atoms with Crippen LogP contribution in [0.1, 0.15) is 24.0 Å². The quantitative estimate of drug-likeness (QED) is 0.388. The van der Waals surface area contributed by atoms with Gasteiger partial charge in [0.25, 0.3) is 11.1 Å². The number of piperidine rings is 1. The molecule has 0 saturated carbocycles. The van der Waals surface area contributed by atoms with Gasteiger partial charge in [0.1, 0.15) is 5.82 Å². The van der Waals surface area contributed by atoms with Gasteiger partial charge < -0.3 is 5.32 Å². The van der Waals surface area contributed by atoms with Crippen LogP contribution in [0.4, 0.5) is 22.4 Å². The molecular formula is C25H23F4N3O5S2. The van der Waals surface area contributed by atoms with Gasteiger partial charge in [-0.2, -0.15) is 17.5 Å². The van der Waals surface area contributed by atoms with Gasteiger partial charge in [-0.1, -0.05) is 18.2 Å². The molecule has 39 heavy (non-hydrogen) atoms. The highest BCUT2D eigenvalue weighted by atomic mass is 32.2. The Balaban J connectivity index is 1.27. The number of benzene rings is 2. The first kappa shape index (κ1) is 28.8. The minimum atomic E-state index is -4.68. The van der Waals surface area contributed by atoms with E-state index in [4.69, 9.17) is 0 Å². The molecule has 2 aliphatic rings. The van der Waals surface area contributed by atoms with Crippen LogP contribution in [0.25, 0.3) is 6.08 Å². The second kappa shape index (κ2) is 11.5. The first-order valence-corrected chi connectivity index (χ1v) is 14.1. The summed E-state index contributed by atoms with van der Waals surface area (Å²) >= 11 is 0.738. The fourth-order valence-electron chi connectivity index (χ4n) is 4.18. The zero-order chi connectivity index (χ0) is 28.4. The van der Waals surface area contributed by atoms with E-state index in [1.165, 1.54) is 30.3 Å². The van der Waals surface area contributed by atoms with E-state index >= 15 is 0 Å². The molecule has 2 heterocycles. The van der Waals surface area contributed by atoms with Gasteiger partial charge in [-0.25, -0.2) is 12.8 Å². The average Bonchev–Trinajstić information content (AvgIpc) is 3.17. The van der Waals surface area contributed by atoms with E-state index < -0.39 is 49.5 Å². The number of nitrogens with one attached hydrogen (secondary N) is 1. The number of halogens is 4. The van der Waals surface area contributed by atoms with Gasteiger partial charge in [0.05, 0.1) is 15.4 Å². The fourth-order valence-corrected chi connectivity index (χ4v) is 6.56. The molecule has 0 aromatic heterocycles. The minimum absolute atomic E-state index is 0.0105. The Morgan fingerprint density at radius 2 is 1.74 bits per heavy atom. The van der Waals surface area contributed by atoms with Crippen molar-refractivity contribution in [1.29, 1.82) is 0 Å². The van der Waals surface area contributed by atoms with Crippen molar-refractivity contribution in [3.63, 3.8) is 0 Å². The van der Waals surface area contributed by atoms with Gasteiger partial charge in [-0.05, 0) is 66.6 Å². The Morgan fingerprint density at radius 1 is 1.08 bits per heavy atom. The average molecular weight is 586 g/mol. The fraction of sp³-hybridized carbons (Fsp3) is 0.320. The number of nitrogens with zero attached hydrogens (tertiary/aromatic N) is 2. The molecule has 8 nitrogen and oxygen atoms in total. The maximum atomic E-state index is 13.1. The van der Waals surface area contributed by atoms with E-state index in [1.807, 2.05) is 0 Å². The van der Waals surface area contributed by atoms with E-state index in [9.17, 15) is 40.4 Å². The Kier molecular flexibility index (Phi) is 8.47. The molecule has 0 spiro atoms. The third-order valence-electron chi connectivity index (χ3n) is 6.30. The van der Waals surface area contributed by atoms with Crippen molar-refractivity contribution in [3.8, 4) is 0 Å². The molecule has 4 rings (SSSR count). The van der Waals surface area contributed by atoms with E-state index in [2.05, 4.69) is 5.32 Å². The number of carbonyl (C=O) groups is 3. The number of sulfonamides is 1. The van der Waals surface area contributed by atoms with E-state index in [-0.39, 0.29) is 49.8 Å². The molecule has 0 bridgehead atoms. The van der Waals surface area contributed by atoms with Crippen LogP contribution in [-0.2, 0) is 25.8 Å². The summed E-state index contributed by atoms with van der Waals surface area (Å²) < 4.78 is 78.8.